The molecule has 2 atom stereocenters. The smallest absolute Gasteiger partial charge is 0.0512 e. The molecule has 1 heterocycles. The number of ether oxygens (including phenoxy) is 1. The van der Waals surface area contributed by atoms with Crippen LogP contribution in [0.3, 0.4) is 0 Å². The summed E-state index contributed by atoms with van der Waals surface area (Å²) in [6.45, 7) is 3.94. The predicted molar refractivity (Wildman–Crippen MR) is 74.2 cm³/mol. The minimum Gasteiger partial charge on any atom is -0.381 e. The second-order valence-corrected chi connectivity index (χ2v) is 5.61. The Labute approximate surface area is 112 Å². The number of rotatable bonds is 3. The van der Waals surface area contributed by atoms with E-state index in [2.05, 4.69) is 46.4 Å². The third-order valence-corrected chi connectivity index (χ3v) is 4.41. The molecule has 3 heteroatoms. The maximum absolute atomic E-state index is 5.59. The lowest BCUT2D eigenvalue weighted by molar-refractivity contribution is 0.0402. The van der Waals surface area contributed by atoms with Gasteiger partial charge in [-0.25, -0.2) is 0 Å². The lowest BCUT2D eigenvalue weighted by atomic mass is 9.88. The van der Waals surface area contributed by atoms with Gasteiger partial charge in [0.15, 0.2) is 0 Å². The van der Waals surface area contributed by atoms with Crippen LogP contribution < -0.4 is 5.32 Å². The molecule has 0 bridgehead atoms. The molecular formula is C14H20BrNO. The van der Waals surface area contributed by atoms with Crippen LogP contribution in [0.4, 0.5) is 0 Å². The Morgan fingerprint density at radius 3 is 2.88 bits per heavy atom. The first-order valence-corrected chi connectivity index (χ1v) is 7.02. The van der Waals surface area contributed by atoms with Crippen molar-refractivity contribution in [2.45, 2.75) is 25.8 Å². The lowest BCUT2D eigenvalue weighted by Gasteiger charge is -2.30. The van der Waals surface area contributed by atoms with Crippen molar-refractivity contribution in [1.82, 2.24) is 5.32 Å². The fraction of sp³-hybridized carbons (Fsp3) is 0.571. The zero-order chi connectivity index (χ0) is 12.3. The first-order chi connectivity index (χ1) is 8.22. The molecule has 2 nitrogen and oxygen atoms in total. The summed E-state index contributed by atoms with van der Waals surface area (Å²) in [7, 11) is 2.04. The van der Waals surface area contributed by atoms with Crippen LogP contribution in [0.25, 0.3) is 0 Å². The van der Waals surface area contributed by atoms with E-state index in [1.165, 1.54) is 28.4 Å². The molecule has 0 amide bonds. The van der Waals surface area contributed by atoms with E-state index in [-0.39, 0.29) is 0 Å². The van der Waals surface area contributed by atoms with Crippen LogP contribution in [0.15, 0.2) is 22.7 Å². The Morgan fingerprint density at radius 1 is 1.47 bits per heavy atom. The molecule has 1 N–H and O–H groups in total. The number of hydrogen-bond donors (Lipinski definition) is 1. The van der Waals surface area contributed by atoms with Gasteiger partial charge in [-0.3, -0.25) is 0 Å². The average Bonchev–Trinajstić information content (AvgIpc) is 2.36. The molecule has 1 fully saturated rings. The Morgan fingerprint density at radius 2 is 2.29 bits per heavy atom. The summed E-state index contributed by atoms with van der Waals surface area (Å²) in [4.78, 5) is 0. The van der Waals surface area contributed by atoms with E-state index in [0.717, 1.165) is 13.2 Å². The van der Waals surface area contributed by atoms with E-state index in [1.807, 2.05) is 7.05 Å². The highest BCUT2D eigenvalue weighted by molar-refractivity contribution is 9.10. The van der Waals surface area contributed by atoms with E-state index < -0.39 is 0 Å². The van der Waals surface area contributed by atoms with Gasteiger partial charge in [-0.1, -0.05) is 28.1 Å². The summed E-state index contributed by atoms with van der Waals surface area (Å²) < 4.78 is 6.77. The second-order valence-electron chi connectivity index (χ2n) is 4.75. The number of hydrogen-bond acceptors (Lipinski definition) is 2. The fourth-order valence-electron chi connectivity index (χ4n) is 2.56. The molecule has 1 aromatic carbocycles. The third-order valence-electron chi connectivity index (χ3n) is 3.52. The van der Waals surface area contributed by atoms with Crippen LogP contribution >= 0.6 is 15.9 Å². The standard InChI is InChI=1S/C14H20BrNO/c1-10-8-11(5-6-13(10)15)14(16-2)12-4-3-7-17-9-12/h5-6,8,12,14,16H,3-4,7,9H2,1-2H3. The summed E-state index contributed by atoms with van der Waals surface area (Å²) in [6.07, 6.45) is 2.43. The Balaban J connectivity index is 2.18. The van der Waals surface area contributed by atoms with Crippen molar-refractivity contribution in [3.8, 4) is 0 Å². The highest BCUT2D eigenvalue weighted by atomic mass is 79.9. The maximum atomic E-state index is 5.59. The third kappa shape index (κ3) is 3.09. The molecule has 0 spiro atoms. The molecule has 0 aliphatic carbocycles. The Kier molecular flexibility index (Phi) is 4.60. The highest BCUT2D eigenvalue weighted by Gasteiger charge is 2.24. The van der Waals surface area contributed by atoms with E-state index >= 15 is 0 Å². The fourth-order valence-corrected chi connectivity index (χ4v) is 2.81. The maximum Gasteiger partial charge on any atom is 0.0512 e. The molecule has 0 aromatic heterocycles. The molecule has 1 aromatic rings. The number of benzene rings is 1. The molecule has 1 aliphatic heterocycles. The lowest BCUT2D eigenvalue weighted by Crippen LogP contribution is -2.31. The molecular weight excluding hydrogens is 278 g/mol. The largest absolute Gasteiger partial charge is 0.381 e. The van der Waals surface area contributed by atoms with E-state index in [0.29, 0.717) is 12.0 Å². The van der Waals surface area contributed by atoms with E-state index in [9.17, 15) is 0 Å². The Bertz CT molecular complexity index is 374. The zero-order valence-corrected chi connectivity index (χ0v) is 12.1. The normalized spacial score (nSPS) is 22.4. The SMILES string of the molecule is CNC(c1ccc(Br)c(C)c1)C1CCCOC1. The Hall–Kier alpha value is -0.380. The molecule has 1 aliphatic rings. The van der Waals surface area contributed by atoms with Crippen molar-refractivity contribution >= 4 is 15.9 Å². The van der Waals surface area contributed by atoms with Gasteiger partial charge in [0.25, 0.3) is 0 Å². The van der Waals surface area contributed by atoms with Gasteiger partial charge in [0.1, 0.15) is 0 Å². The van der Waals surface area contributed by atoms with Gasteiger partial charge in [0.05, 0.1) is 6.61 Å². The number of nitrogens with one attached hydrogen (secondary N) is 1. The monoisotopic (exact) mass is 297 g/mol. The second kappa shape index (κ2) is 5.98. The summed E-state index contributed by atoms with van der Waals surface area (Å²) in [5, 5.41) is 3.44. The minimum absolute atomic E-state index is 0.405. The molecule has 2 rings (SSSR count). The van der Waals surface area contributed by atoms with Gasteiger partial charge in [-0.05, 0) is 44.0 Å². The highest BCUT2D eigenvalue weighted by Crippen LogP contribution is 2.30. The van der Waals surface area contributed by atoms with Crippen molar-refractivity contribution in [2.24, 2.45) is 5.92 Å². The van der Waals surface area contributed by atoms with Gasteiger partial charge >= 0.3 is 0 Å². The van der Waals surface area contributed by atoms with Gasteiger partial charge < -0.3 is 10.1 Å². The summed E-state index contributed by atoms with van der Waals surface area (Å²) in [6, 6.07) is 7.01. The van der Waals surface area contributed by atoms with E-state index in [1.54, 1.807) is 0 Å². The topological polar surface area (TPSA) is 21.3 Å². The number of aryl methyl sites for hydroxylation is 1. The molecule has 1 saturated heterocycles. The molecule has 2 unspecified atom stereocenters. The van der Waals surface area contributed by atoms with Gasteiger partial charge in [0, 0.05) is 23.0 Å². The molecule has 17 heavy (non-hydrogen) atoms. The van der Waals surface area contributed by atoms with Gasteiger partial charge in [-0.2, -0.15) is 0 Å². The summed E-state index contributed by atoms with van der Waals surface area (Å²) in [5.74, 6) is 0.592. The van der Waals surface area contributed by atoms with Crippen molar-refractivity contribution in [3.05, 3.63) is 33.8 Å². The van der Waals surface area contributed by atoms with Gasteiger partial charge in [-0.15, -0.1) is 0 Å². The minimum atomic E-state index is 0.405. The predicted octanol–water partition coefficient (Wildman–Crippen LogP) is 3.44. The number of halogens is 1. The van der Waals surface area contributed by atoms with Crippen LogP contribution in [-0.4, -0.2) is 20.3 Å². The van der Waals surface area contributed by atoms with Crippen LogP contribution in [0, 0.1) is 12.8 Å². The summed E-state index contributed by atoms with van der Waals surface area (Å²) in [5.41, 5.74) is 2.66. The van der Waals surface area contributed by atoms with Crippen LogP contribution in [0.2, 0.25) is 0 Å². The van der Waals surface area contributed by atoms with E-state index in [4.69, 9.17) is 4.74 Å². The van der Waals surface area contributed by atoms with Crippen molar-refractivity contribution in [3.63, 3.8) is 0 Å². The van der Waals surface area contributed by atoms with Crippen molar-refractivity contribution in [1.29, 1.82) is 0 Å². The molecule has 0 saturated carbocycles. The van der Waals surface area contributed by atoms with Gasteiger partial charge in [0.2, 0.25) is 0 Å². The quantitative estimate of drug-likeness (QED) is 0.923. The first-order valence-electron chi connectivity index (χ1n) is 6.23. The average molecular weight is 298 g/mol. The van der Waals surface area contributed by atoms with Crippen LogP contribution in [0.5, 0.6) is 0 Å². The molecule has 94 valence electrons. The molecule has 0 radical (unpaired) electrons. The summed E-state index contributed by atoms with van der Waals surface area (Å²) >= 11 is 3.55. The van der Waals surface area contributed by atoms with Crippen molar-refractivity contribution in [2.75, 3.05) is 20.3 Å². The first kappa shape index (κ1) is 13.1. The zero-order valence-electron chi connectivity index (χ0n) is 10.5. The van der Waals surface area contributed by atoms with Crippen molar-refractivity contribution < 1.29 is 4.74 Å². The van der Waals surface area contributed by atoms with Crippen LogP contribution in [0.1, 0.15) is 30.0 Å². The van der Waals surface area contributed by atoms with Crippen LogP contribution in [-0.2, 0) is 4.74 Å².